The molecule has 0 bridgehead atoms. The summed E-state index contributed by atoms with van der Waals surface area (Å²) in [4.78, 5) is 8.08. The third-order valence-electron chi connectivity index (χ3n) is 3.62. The molecule has 10 heteroatoms. The summed E-state index contributed by atoms with van der Waals surface area (Å²) in [6.07, 6.45) is 0.704. The number of ether oxygens (including phenoxy) is 1. The molecule has 5 nitrogen and oxygen atoms in total. The van der Waals surface area contributed by atoms with Crippen molar-refractivity contribution in [2.75, 3.05) is 6.61 Å². The Kier molecular flexibility index (Phi) is 4.99. The van der Waals surface area contributed by atoms with Crippen LogP contribution in [0, 0.1) is 6.92 Å². The van der Waals surface area contributed by atoms with Gasteiger partial charge in [0.15, 0.2) is 6.61 Å². The Labute approximate surface area is 150 Å². The standard InChI is InChI=1S/C16H13ClF4N4O/c1-9-4-10(23-5-13(9)26-8-16(20,21)15(18)19)6-25-7-11-12(24-25)2-3-22-14(11)17/h2-5,7,15H,6,8H2,1H3. The van der Waals surface area contributed by atoms with E-state index in [9.17, 15) is 17.6 Å². The Balaban J connectivity index is 1.73. The van der Waals surface area contributed by atoms with Crippen LogP contribution in [0.3, 0.4) is 0 Å². The van der Waals surface area contributed by atoms with Crippen molar-refractivity contribution < 1.29 is 22.3 Å². The molecule has 0 aliphatic carbocycles. The van der Waals surface area contributed by atoms with Gasteiger partial charge in [0.2, 0.25) is 0 Å². The lowest BCUT2D eigenvalue weighted by Crippen LogP contribution is -2.33. The molecule has 0 saturated carbocycles. The summed E-state index contributed by atoms with van der Waals surface area (Å²) in [5, 5.41) is 5.38. The number of alkyl halides is 4. The second-order valence-electron chi connectivity index (χ2n) is 5.65. The molecule has 0 aliphatic rings. The summed E-state index contributed by atoms with van der Waals surface area (Å²) >= 11 is 6.00. The molecule has 0 unspecified atom stereocenters. The highest BCUT2D eigenvalue weighted by Crippen LogP contribution is 2.26. The first-order valence-corrected chi connectivity index (χ1v) is 7.86. The van der Waals surface area contributed by atoms with Gasteiger partial charge in [0.05, 0.1) is 29.3 Å². The number of hydrogen-bond donors (Lipinski definition) is 0. The molecule has 3 aromatic rings. The van der Waals surface area contributed by atoms with Crippen molar-refractivity contribution in [2.45, 2.75) is 25.8 Å². The Morgan fingerprint density at radius 2 is 2.08 bits per heavy atom. The van der Waals surface area contributed by atoms with Crippen LogP contribution in [0.4, 0.5) is 17.6 Å². The van der Waals surface area contributed by atoms with Crippen molar-refractivity contribution in [1.82, 2.24) is 19.7 Å². The van der Waals surface area contributed by atoms with E-state index in [1.54, 1.807) is 36.1 Å². The van der Waals surface area contributed by atoms with Gasteiger partial charge in [-0.05, 0) is 24.6 Å². The Bertz CT molecular complexity index is 932. The number of nitrogens with zero attached hydrogens (tertiary/aromatic N) is 4. The number of rotatable bonds is 6. The van der Waals surface area contributed by atoms with Crippen LogP contribution in [0.25, 0.3) is 10.9 Å². The molecule has 138 valence electrons. The van der Waals surface area contributed by atoms with E-state index in [2.05, 4.69) is 15.1 Å². The maximum Gasteiger partial charge on any atom is 0.340 e. The summed E-state index contributed by atoms with van der Waals surface area (Å²) < 4.78 is 56.6. The van der Waals surface area contributed by atoms with Crippen LogP contribution in [0.15, 0.2) is 30.7 Å². The normalized spacial score (nSPS) is 12.1. The summed E-state index contributed by atoms with van der Waals surface area (Å²) in [7, 11) is 0. The molecular weight excluding hydrogens is 376 g/mol. The molecule has 0 fully saturated rings. The quantitative estimate of drug-likeness (QED) is 0.471. The maximum absolute atomic E-state index is 12.9. The van der Waals surface area contributed by atoms with Crippen molar-refractivity contribution in [1.29, 1.82) is 0 Å². The average Bonchev–Trinajstić information content (AvgIpc) is 2.98. The van der Waals surface area contributed by atoms with Gasteiger partial charge in [-0.15, -0.1) is 0 Å². The molecule has 0 saturated heterocycles. The summed E-state index contributed by atoms with van der Waals surface area (Å²) in [5.41, 5.74) is 1.76. The van der Waals surface area contributed by atoms with Gasteiger partial charge in [0.1, 0.15) is 10.9 Å². The zero-order valence-electron chi connectivity index (χ0n) is 13.5. The van der Waals surface area contributed by atoms with Gasteiger partial charge in [-0.1, -0.05) is 11.6 Å². The van der Waals surface area contributed by atoms with E-state index in [0.717, 1.165) is 0 Å². The van der Waals surface area contributed by atoms with Gasteiger partial charge in [0.25, 0.3) is 0 Å². The molecule has 0 aliphatic heterocycles. The number of aromatic nitrogens is 4. The molecule has 0 radical (unpaired) electrons. The van der Waals surface area contributed by atoms with Crippen molar-refractivity contribution in [3.05, 3.63) is 47.1 Å². The minimum atomic E-state index is -4.21. The second kappa shape index (κ2) is 7.06. The molecule has 26 heavy (non-hydrogen) atoms. The first-order chi connectivity index (χ1) is 12.3. The van der Waals surface area contributed by atoms with Crippen LogP contribution in [0.5, 0.6) is 5.75 Å². The van der Waals surface area contributed by atoms with E-state index in [1.165, 1.54) is 6.20 Å². The van der Waals surface area contributed by atoms with Crippen molar-refractivity contribution >= 4 is 22.5 Å². The molecule has 3 aromatic heterocycles. The summed E-state index contributed by atoms with van der Waals surface area (Å²) in [5.74, 6) is -4.19. The monoisotopic (exact) mass is 388 g/mol. The van der Waals surface area contributed by atoms with Crippen molar-refractivity contribution in [2.24, 2.45) is 0 Å². The number of fused-ring (bicyclic) bond motifs is 1. The van der Waals surface area contributed by atoms with Crippen molar-refractivity contribution in [3.8, 4) is 5.75 Å². The number of halogens is 5. The fourth-order valence-corrected chi connectivity index (χ4v) is 2.49. The fourth-order valence-electron chi connectivity index (χ4n) is 2.28. The van der Waals surface area contributed by atoms with Crippen LogP contribution in [0.1, 0.15) is 11.3 Å². The average molecular weight is 389 g/mol. The van der Waals surface area contributed by atoms with Gasteiger partial charge in [0, 0.05) is 12.4 Å². The minimum Gasteiger partial charge on any atom is -0.485 e. The lowest BCUT2D eigenvalue weighted by molar-refractivity contribution is -0.148. The number of aryl methyl sites for hydroxylation is 1. The van der Waals surface area contributed by atoms with Crippen molar-refractivity contribution in [3.63, 3.8) is 0 Å². The van der Waals surface area contributed by atoms with Crippen LogP contribution < -0.4 is 4.74 Å². The second-order valence-corrected chi connectivity index (χ2v) is 6.01. The number of hydrogen-bond acceptors (Lipinski definition) is 4. The summed E-state index contributed by atoms with van der Waals surface area (Å²) in [6, 6.07) is 3.33. The molecule has 0 spiro atoms. The lowest BCUT2D eigenvalue weighted by Gasteiger charge is -2.17. The zero-order valence-corrected chi connectivity index (χ0v) is 14.2. The largest absolute Gasteiger partial charge is 0.485 e. The highest BCUT2D eigenvalue weighted by molar-refractivity contribution is 6.34. The van der Waals surface area contributed by atoms with Gasteiger partial charge >= 0.3 is 12.3 Å². The number of pyridine rings is 2. The molecular formula is C16H13ClF4N4O. The first kappa shape index (κ1) is 18.4. The van der Waals surface area contributed by atoms with Crippen LogP contribution in [-0.2, 0) is 6.54 Å². The van der Waals surface area contributed by atoms with Gasteiger partial charge in [-0.2, -0.15) is 13.9 Å². The van der Waals surface area contributed by atoms with E-state index >= 15 is 0 Å². The molecule has 0 N–H and O–H groups in total. The van der Waals surface area contributed by atoms with Crippen LogP contribution in [-0.4, -0.2) is 38.7 Å². The van der Waals surface area contributed by atoms with Gasteiger partial charge < -0.3 is 4.74 Å². The molecule has 0 atom stereocenters. The smallest absolute Gasteiger partial charge is 0.340 e. The SMILES string of the molecule is Cc1cc(Cn2cc3c(Cl)nccc3n2)ncc1OCC(F)(F)C(F)F. The predicted octanol–water partition coefficient (Wildman–Crippen LogP) is 4.12. The van der Waals surface area contributed by atoms with Gasteiger partial charge in [-0.25, -0.2) is 13.8 Å². The first-order valence-electron chi connectivity index (χ1n) is 7.48. The fraction of sp³-hybridized carbons (Fsp3) is 0.312. The molecule has 0 aromatic carbocycles. The molecule has 3 heterocycles. The van der Waals surface area contributed by atoms with Crippen LogP contribution >= 0.6 is 11.6 Å². The third-order valence-corrected chi connectivity index (χ3v) is 3.92. The topological polar surface area (TPSA) is 52.8 Å². The highest BCUT2D eigenvalue weighted by Gasteiger charge is 2.41. The van der Waals surface area contributed by atoms with E-state index in [1.807, 2.05) is 0 Å². The van der Waals surface area contributed by atoms with E-state index in [0.29, 0.717) is 33.9 Å². The zero-order chi connectivity index (χ0) is 18.9. The summed E-state index contributed by atoms with van der Waals surface area (Å²) in [6.45, 7) is 0.503. The maximum atomic E-state index is 12.9. The van der Waals surface area contributed by atoms with Crippen LogP contribution in [0.2, 0.25) is 5.15 Å². The highest BCUT2D eigenvalue weighted by atomic mass is 35.5. The van der Waals surface area contributed by atoms with Gasteiger partial charge in [-0.3, -0.25) is 9.67 Å². The Morgan fingerprint density at radius 1 is 1.31 bits per heavy atom. The molecule has 3 rings (SSSR count). The predicted molar refractivity (Wildman–Crippen MR) is 87.1 cm³/mol. The van der Waals surface area contributed by atoms with E-state index < -0.39 is 19.0 Å². The molecule has 0 amide bonds. The Hall–Kier alpha value is -2.42. The lowest BCUT2D eigenvalue weighted by atomic mass is 10.2. The minimum absolute atomic E-state index is 0.0203. The Morgan fingerprint density at radius 3 is 2.73 bits per heavy atom. The van der Waals surface area contributed by atoms with E-state index in [-0.39, 0.29) is 5.75 Å². The third kappa shape index (κ3) is 3.87. The van der Waals surface area contributed by atoms with E-state index in [4.69, 9.17) is 16.3 Å².